The third-order valence-electron chi connectivity index (χ3n) is 7.33. The van der Waals surface area contributed by atoms with Crippen LogP contribution in [0.25, 0.3) is 0 Å². The minimum Gasteiger partial charge on any atom is -0.480 e. The number of rotatable bonds is 14. The van der Waals surface area contributed by atoms with E-state index in [1.54, 1.807) is 0 Å². The van der Waals surface area contributed by atoms with Crippen molar-refractivity contribution in [3.05, 3.63) is 70.8 Å². The van der Waals surface area contributed by atoms with Crippen LogP contribution in [0, 0.1) is 19.8 Å². The zero-order valence-electron chi connectivity index (χ0n) is 21.8. The largest absolute Gasteiger partial charge is 0.480 e. The van der Waals surface area contributed by atoms with Gasteiger partial charge in [-0.15, -0.1) is 0 Å². The average Bonchev–Trinajstić information content (AvgIpc) is 2.87. The number of nitrogens with zero attached hydrogens (tertiary/aromatic N) is 1. The summed E-state index contributed by atoms with van der Waals surface area (Å²) >= 11 is 0. The van der Waals surface area contributed by atoms with Crippen LogP contribution >= 0.6 is 0 Å². The highest BCUT2D eigenvalue weighted by Gasteiger charge is 2.28. The molecule has 0 spiro atoms. The fourth-order valence-corrected chi connectivity index (χ4v) is 5.18. The summed E-state index contributed by atoms with van der Waals surface area (Å²) in [6.07, 6.45) is 5.55. The van der Waals surface area contributed by atoms with Crippen LogP contribution in [0.2, 0.25) is 0 Å². The van der Waals surface area contributed by atoms with E-state index >= 15 is 0 Å². The molecule has 1 atom stereocenters. The van der Waals surface area contributed by atoms with Crippen LogP contribution in [0.15, 0.2) is 48.5 Å². The SMILES string of the molecule is Cc1ccc(C(c2ccc(C)cc2)C2CCN(CCCCCCC(=O)C(N)OCC(=O)O)CC2)cc1. The molecule has 3 rings (SSSR count). The first kappa shape index (κ1) is 28.0. The van der Waals surface area contributed by atoms with Crippen LogP contribution in [0.4, 0.5) is 0 Å². The molecule has 1 aliphatic heterocycles. The molecular formula is C30H42N2O4. The molecule has 1 fully saturated rings. The molecular weight excluding hydrogens is 452 g/mol. The second-order valence-electron chi connectivity index (χ2n) is 10.2. The number of carbonyl (C=O) groups excluding carboxylic acids is 1. The number of benzene rings is 2. The van der Waals surface area contributed by atoms with E-state index in [1.165, 1.54) is 35.1 Å². The molecule has 0 amide bonds. The summed E-state index contributed by atoms with van der Waals surface area (Å²) in [5.74, 6) is -0.264. The molecule has 1 unspecified atom stereocenters. The first-order chi connectivity index (χ1) is 17.3. The predicted octanol–water partition coefficient (Wildman–Crippen LogP) is 5.05. The summed E-state index contributed by atoms with van der Waals surface area (Å²) < 4.78 is 4.84. The van der Waals surface area contributed by atoms with E-state index in [1.807, 2.05) is 0 Å². The number of likely N-dealkylation sites (tertiary alicyclic amines) is 1. The van der Waals surface area contributed by atoms with Gasteiger partial charge >= 0.3 is 5.97 Å². The standard InChI is InChI=1S/C30H42N2O4/c1-22-8-12-24(13-9-22)29(25-14-10-23(2)11-15-25)26-16-19-32(20-17-26)18-6-4-3-5-7-27(33)30(31)36-21-28(34)35/h8-15,26,29-30H,3-7,16-21,31H2,1-2H3,(H,34,35). The number of piperidine rings is 1. The molecule has 3 N–H and O–H groups in total. The van der Waals surface area contributed by atoms with Gasteiger partial charge in [0.2, 0.25) is 0 Å². The Morgan fingerprint density at radius 2 is 1.44 bits per heavy atom. The number of nitrogens with two attached hydrogens (primary N) is 1. The minimum absolute atomic E-state index is 0.227. The highest BCUT2D eigenvalue weighted by molar-refractivity contribution is 5.82. The molecule has 36 heavy (non-hydrogen) atoms. The zero-order chi connectivity index (χ0) is 25.9. The van der Waals surface area contributed by atoms with E-state index in [-0.39, 0.29) is 5.78 Å². The lowest BCUT2D eigenvalue weighted by atomic mass is 9.76. The Hall–Kier alpha value is -2.54. The van der Waals surface area contributed by atoms with Crippen molar-refractivity contribution in [2.75, 3.05) is 26.2 Å². The van der Waals surface area contributed by atoms with Gasteiger partial charge in [0.05, 0.1) is 0 Å². The summed E-state index contributed by atoms with van der Waals surface area (Å²) in [5.41, 5.74) is 11.0. The van der Waals surface area contributed by atoms with Gasteiger partial charge < -0.3 is 14.7 Å². The number of hydrogen-bond acceptors (Lipinski definition) is 5. The highest BCUT2D eigenvalue weighted by Crippen LogP contribution is 2.38. The van der Waals surface area contributed by atoms with E-state index in [9.17, 15) is 9.59 Å². The van der Waals surface area contributed by atoms with Crippen molar-refractivity contribution in [3.63, 3.8) is 0 Å². The van der Waals surface area contributed by atoms with Crippen molar-refractivity contribution in [1.29, 1.82) is 0 Å². The number of carbonyl (C=O) groups is 2. The quantitative estimate of drug-likeness (QED) is 0.282. The summed E-state index contributed by atoms with van der Waals surface area (Å²) in [5, 5.41) is 8.59. The molecule has 1 heterocycles. The van der Waals surface area contributed by atoms with Crippen LogP contribution in [-0.2, 0) is 14.3 Å². The monoisotopic (exact) mass is 494 g/mol. The van der Waals surface area contributed by atoms with Crippen molar-refractivity contribution in [2.24, 2.45) is 11.7 Å². The predicted molar refractivity (Wildman–Crippen MR) is 143 cm³/mol. The lowest BCUT2D eigenvalue weighted by Gasteiger charge is -2.37. The molecule has 0 radical (unpaired) electrons. The van der Waals surface area contributed by atoms with E-state index in [4.69, 9.17) is 15.6 Å². The summed E-state index contributed by atoms with van der Waals surface area (Å²) in [6, 6.07) is 18.2. The Bertz CT molecular complexity index is 904. The van der Waals surface area contributed by atoms with E-state index in [2.05, 4.69) is 67.3 Å². The molecule has 0 bridgehead atoms. The third kappa shape index (κ3) is 8.84. The van der Waals surface area contributed by atoms with Crippen LogP contribution < -0.4 is 5.73 Å². The molecule has 1 saturated heterocycles. The Morgan fingerprint density at radius 3 is 1.97 bits per heavy atom. The van der Waals surface area contributed by atoms with Crippen molar-refractivity contribution >= 4 is 11.8 Å². The van der Waals surface area contributed by atoms with Gasteiger partial charge in [-0.05, 0) is 76.2 Å². The number of aliphatic carboxylic acids is 1. The van der Waals surface area contributed by atoms with Gasteiger partial charge in [-0.1, -0.05) is 72.5 Å². The molecule has 2 aromatic rings. The van der Waals surface area contributed by atoms with Crippen molar-refractivity contribution in [2.45, 2.75) is 70.9 Å². The first-order valence-electron chi connectivity index (χ1n) is 13.3. The second kappa shape index (κ2) is 14.3. The van der Waals surface area contributed by atoms with E-state index in [0.29, 0.717) is 18.3 Å². The maximum atomic E-state index is 11.9. The van der Waals surface area contributed by atoms with Crippen molar-refractivity contribution in [1.82, 2.24) is 4.90 Å². The number of hydrogen-bond donors (Lipinski definition) is 2. The van der Waals surface area contributed by atoms with Crippen LogP contribution in [-0.4, -0.2) is 54.2 Å². The number of Topliss-reactive ketones (excluding diaryl/α,β-unsaturated/α-hetero) is 1. The number of carboxylic acid groups (broad SMARTS) is 1. The van der Waals surface area contributed by atoms with Gasteiger partial charge in [-0.2, -0.15) is 0 Å². The van der Waals surface area contributed by atoms with Gasteiger partial charge in [0.15, 0.2) is 12.0 Å². The average molecular weight is 495 g/mol. The topological polar surface area (TPSA) is 92.9 Å². The van der Waals surface area contributed by atoms with Crippen molar-refractivity contribution < 1.29 is 19.4 Å². The fourth-order valence-electron chi connectivity index (χ4n) is 5.18. The Labute approximate surface area is 215 Å². The van der Waals surface area contributed by atoms with Gasteiger partial charge in [-0.25, -0.2) is 4.79 Å². The Balaban J connectivity index is 1.40. The number of ketones is 1. The van der Waals surface area contributed by atoms with E-state index in [0.717, 1.165) is 45.3 Å². The summed E-state index contributed by atoms with van der Waals surface area (Å²) in [6.45, 7) is 7.11. The molecule has 0 aromatic heterocycles. The highest BCUT2D eigenvalue weighted by atomic mass is 16.5. The maximum absolute atomic E-state index is 11.9. The normalized spacial score (nSPS) is 15.8. The van der Waals surface area contributed by atoms with E-state index < -0.39 is 18.8 Å². The summed E-state index contributed by atoms with van der Waals surface area (Å²) in [4.78, 5) is 25.0. The molecule has 2 aromatic carbocycles. The molecule has 0 aliphatic carbocycles. The lowest BCUT2D eigenvalue weighted by molar-refractivity contribution is -0.147. The first-order valence-corrected chi connectivity index (χ1v) is 13.3. The number of aryl methyl sites for hydroxylation is 2. The van der Waals surface area contributed by atoms with Crippen LogP contribution in [0.5, 0.6) is 0 Å². The van der Waals surface area contributed by atoms with Gasteiger partial charge in [0.25, 0.3) is 0 Å². The number of unbranched alkanes of at least 4 members (excludes halogenated alkanes) is 3. The molecule has 6 nitrogen and oxygen atoms in total. The molecule has 6 heteroatoms. The van der Waals surface area contributed by atoms with Crippen LogP contribution in [0.3, 0.4) is 0 Å². The van der Waals surface area contributed by atoms with Gasteiger partial charge in [-0.3, -0.25) is 10.5 Å². The lowest BCUT2D eigenvalue weighted by Crippen LogP contribution is -2.36. The zero-order valence-corrected chi connectivity index (χ0v) is 21.8. The maximum Gasteiger partial charge on any atom is 0.329 e. The molecule has 1 aliphatic rings. The van der Waals surface area contributed by atoms with Crippen LogP contribution in [0.1, 0.15) is 73.1 Å². The minimum atomic E-state index is -1.13. The van der Waals surface area contributed by atoms with Gasteiger partial charge in [0.1, 0.15) is 6.61 Å². The second-order valence-corrected chi connectivity index (χ2v) is 10.2. The third-order valence-corrected chi connectivity index (χ3v) is 7.33. The molecule has 196 valence electrons. The Kier molecular flexibility index (Phi) is 11.1. The van der Waals surface area contributed by atoms with Crippen molar-refractivity contribution in [3.8, 4) is 0 Å². The number of carboxylic acids is 1. The Morgan fingerprint density at radius 1 is 0.917 bits per heavy atom. The molecule has 0 saturated carbocycles. The smallest absolute Gasteiger partial charge is 0.329 e. The fraction of sp³-hybridized carbons (Fsp3) is 0.533. The van der Waals surface area contributed by atoms with Gasteiger partial charge in [0, 0.05) is 12.3 Å². The summed E-state index contributed by atoms with van der Waals surface area (Å²) in [7, 11) is 0. The number of ether oxygens (including phenoxy) is 1.